The maximum atomic E-state index is 12.8. The summed E-state index contributed by atoms with van der Waals surface area (Å²) >= 11 is 0. The Kier molecular flexibility index (Phi) is 4.54. The molecule has 0 saturated heterocycles. The minimum atomic E-state index is -0.314. The van der Waals surface area contributed by atoms with Crippen LogP contribution in [0.5, 0.6) is 0 Å². The van der Waals surface area contributed by atoms with E-state index in [1.54, 1.807) is 18.2 Å². The van der Waals surface area contributed by atoms with Crippen molar-refractivity contribution >= 4 is 5.91 Å². The molecule has 0 fully saturated rings. The summed E-state index contributed by atoms with van der Waals surface area (Å²) in [5.41, 5.74) is 0.686. The number of nitrogens with one attached hydrogen (secondary N) is 1. The fourth-order valence-electron chi connectivity index (χ4n) is 1.21. The number of halogens is 1. The van der Waals surface area contributed by atoms with Gasteiger partial charge in [0.2, 0.25) is 5.91 Å². The first-order valence-electron chi connectivity index (χ1n) is 4.84. The molecular weight excluding hydrogens is 193 g/mol. The quantitative estimate of drug-likeness (QED) is 0.581. The Morgan fingerprint density at radius 2 is 2.33 bits per heavy atom. The predicted molar refractivity (Wildman–Crippen MR) is 57.9 cm³/mol. The smallest absolute Gasteiger partial charge is 0.224 e. The third-order valence-corrected chi connectivity index (χ3v) is 1.92. The zero-order valence-electron chi connectivity index (χ0n) is 8.50. The molecule has 0 heterocycles. The Morgan fingerprint density at radius 3 is 3.00 bits per heavy atom. The zero-order valence-corrected chi connectivity index (χ0v) is 8.50. The lowest BCUT2D eigenvalue weighted by Gasteiger charge is -2.03. The fourth-order valence-corrected chi connectivity index (χ4v) is 1.21. The van der Waals surface area contributed by atoms with E-state index in [2.05, 4.69) is 11.9 Å². The number of amides is 1. The van der Waals surface area contributed by atoms with Crippen LogP contribution in [-0.2, 0) is 11.2 Å². The van der Waals surface area contributed by atoms with Crippen molar-refractivity contribution in [1.82, 2.24) is 5.32 Å². The monoisotopic (exact) mass is 207 g/mol. The van der Waals surface area contributed by atoms with E-state index in [0.29, 0.717) is 12.1 Å². The van der Waals surface area contributed by atoms with Gasteiger partial charge in [0.25, 0.3) is 0 Å². The number of benzene rings is 1. The normalized spacial score (nSPS) is 9.67. The minimum Gasteiger partial charge on any atom is -0.356 e. The molecule has 1 aromatic rings. The largest absolute Gasteiger partial charge is 0.356 e. The average molecular weight is 207 g/mol. The summed E-state index contributed by atoms with van der Waals surface area (Å²) in [4.78, 5) is 11.3. The second-order valence-corrected chi connectivity index (χ2v) is 3.23. The highest BCUT2D eigenvalue weighted by atomic mass is 19.1. The molecule has 0 aromatic heterocycles. The molecule has 1 rings (SSSR count). The Labute approximate surface area is 88.8 Å². The van der Waals surface area contributed by atoms with Crippen LogP contribution in [0.2, 0.25) is 0 Å². The topological polar surface area (TPSA) is 29.1 Å². The molecule has 1 aromatic carbocycles. The first-order chi connectivity index (χ1) is 7.22. The van der Waals surface area contributed by atoms with Gasteiger partial charge in [0.15, 0.2) is 0 Å². The molecule has 1 N–H and O–H groups in total. The van der Waals surface area contributed by atoms with E-state index in [1.165, 1.54) is 12.1 Å². The van der Waals surface area contributed by atoms with Gasteiger partial charge in [-0.05, 0) is 24.1 Å². The standard InChI is InChI=1S/C12H14FNO/c1-2-3-7-14-12(15)9-10-5-4-6-11(13)8-10/h2,4-6,8H,1,3,7,9H2,(H,14,15). The van der Waals surface area contributed by atoms with Gasteiger partial charge in [-0.3, -0.25) is 4.79 Å². The lowest BCUT2D eigenvalue weighted by Crippen LogP contribution is -2.25. The van der Waals surface area contributed by atoms with E-state index < -0.39 is 0 Å². The minimum absolute atomic E-state index is 0.0950. The van der Waals surface area contributed by atoms with Crippen molar-refractivity contribution in [2.45, 2.75) is 12.8 Å². The van der Waals surface area contributed by atoms with Crippen molar-refractivity contribution in [3.63, 3.8) is 0 Å². The summed E-state index contributed by atoms with van der Waals surface area (Å²) in [5.74, 6) is -0.408. The van der Waals surface area contributed by atoms with Crippen LogP contribution in [-0.4, -0.2) is 12.5 Å². The van der Waals surface area contributed by atoms with Gasteiger partial charge < -0.3 is 5.32 Å². The van der Waals surface area contributed by atoms with Crippen LogP contribution in [0.15, 0.2) is 36.9 Å². The van der Waals surface area contributed by atoms with Crippen molar-refractivity contribution in [2.75, 3.05) is 6.54 Å². The predicted octanol–water partition coefficient (Wildman–Crippen LogP) is 2.06. The SMILES string of the molecule is C=CCCNC(=O)Cc1cccc(F)c1. The molecule has 0 aliphatic rings. The Morgan fingerprint density at radius 1 is 1.53 bits per heavy atom. The van der Waals surface area contributed by atoms with Crippen LogP contribution in [0.3, 0.4) is 0 Å². The van der Waals surface area contributed by atoms with Crippen LogP contribution in [0.4, 0.5) is 4.39 Å². The molecule has 0 saturated carbocycles. The third-order valence-electron chi connectivity index (χ3n) is 1.92. The maximum absolute atomic E-state index is 12.8. The molecule has 2 nitrogen and oxygen atoms in total. The van der Waals surface area contributed by atoms with Crippen LogP contribution in [0.25, 0.3) is 0 Å². The van der Waals surface area contributed by atoms with Gasteiger partial charge >= 0.3 is 0 Å². The third kappa shape index (κ3) is 4.40. The lowest BCUT2D eigenvalue weighted by atomic mass is 10.1. The molecule has 3 heteroatoms. The van der Waals surface area contributed by atoms with Crippen LogP contribution < -0.4 is 5.32 Å². The van der Waals surface area contributed by atoms with Gasteiger partial charge in [-0.25, -0.2) is 4.39 Å². The summed E-state index contributed by atoms with van der Waals surface area (Å²) in [7, 11) is 0. The van der Waals surface area contributed by atoms with E-state index in [9.17, 15) is 9.18 Å². The zero-order chi connectivity index (χ0) is 11.1. The van der Waals surface area contributed by atoms with E-state index >= 15 is 0 Å². The Bertz CT molecular complexity index is 349. The molecule has 0 aliphatic heterocycles. The molecule has 0 atom stereocenters. The van der Waals surface area contributed by atoms with Crippen LogP contribution >= 0.6 is 0 Å². The molecule has 80 valence electrons. The van der Waals surface area contributed by atoms with Gasteiger partial charge in [-0.15, -0.1) is 6.58 Å². The van der Waals surface area contributed by atoms with Crippen molar-refractivity contribution in [1.29, 1.82) is 0 Å². The van der Waals surface area contributed by atoms with E-state index in [1.807, 2.05) is 0 Å². The number of carbonyl (C=O) groups is 1. The van der Waals surface area contributed by atoms with Gasteiger partial charge in [-0.1, -0.05) is 18.2 Å². The molecule has 0 spiro atoms. The second-order valence-electron chi connectivity index (χ2n) is 3.23. The van der Waals surface area contributed by atoms with Gasteiger partial charge in [0.05, 0.1) is 6.42 Å². The van der Waals surface area contributed by atoms with Crippen molar-refractivity contribution in [2.24, 2.45) is 0 Å². The summed E-state index contributed by atoms with van der Waals surface area (Å²) in [6, 6.07) is 6.06. The van der Waals surface area contributed by atoms with Gasteiger partial charge in [0.1, 0.15) is 5.82 Å². The summed E-state index contributed by atoms with van der Waals surface area (Å²) in [6.07, 6.45) is 2.70. The molecule has 1 amide bonds. The maximum Gasteiger partial charge on any atom is 0.224 e. The van der Waals surface area contributed by atoms with Crippen molar-refractivity contribution < 1.29 is 9.18 Å². The average Bonchev–Trinajstić information content (AvgIpc) is 2.18. The molecule has 0 unspecified atom stereocenters. The molecule has 0 bridgehead atoms. The second kappa shape index (κ2) is 5.96. The summed E-state index contributed by atoms with van der Waals surface area (Å²) < 4.78 is 12.8. The van der Waals surface area contributed by atoms with Crippen molar-refractivity contribution in [3.8, 4) is 0 Å². The fraction of sp³-hybridized carbons (Fsp3) is 0.250. The van der Waals surface area contributed by atoms with E-state index in [-0.39, 0.29) is 18.1 Å². The lowest BCUT2D eigenvalue weighted by molar-refractivity contribution is -0.120. The highest BCUT2D eigenvalue weighted by molar-refractivity contribution is 5.78. The highest BCUT2D eigenvalue weighted by Gasteiger charge is 2.02. The number of carbonyl (C=O) groups excluding carboxylic acids is 1. The number of hydrogen-bond donors (Lipinski definition) is 1. The van der Waals surface area contributed by atoms with Crippen molar-refractivity contribution in [3.05, 3.63) is 48.3 Å². The number of rotatable bonds is 5. The first kappa shape index (κ1) is 11.4. The summed E-state index contributed by atoms with van der Waals surface area (Å²) in [5, 5.41) is 2.72. The molecule has 15 heavy (non-hydrogen) atoms. The van der Waals surface area contributed by atoms with E-state index in [0.717, 1.165) is 6.42 Å². The summed E-state index contributed by atoms with van der Waals surface area (Å²) in [6.45, 7) is 4.13. The highest BCUT2D eigenvalue weighted by Crippen LogP contribution is 2.03. The van der Waals surface area contributed by atoms with Crippen LogP contribution in [0.1, 0.15) is 12.0 Å². The first-order valence-corrected chi connectivity index (χ1v) is 4.84. The Balaban J connectivity index is 2.40. The Hall–Kier alpha value is -1.64. The number of hydrogen-bond acceptors (Lipinski definition) is 1. The van der Waals surface area contributed by atoms with Gasteiger partial charge in [-0.2, -0.15) is 0 Å². The molecule has 0 aliphatic carbocycles. The molecule has 0 radical (unpaired) electrons. The van der Waals surface area contributed by atoms with E-state index in [4.69, 9.17) is 0 Å². The van der Waals surface area contributed by atoms with Crippen LogP contribution in [0, 0.1) is 5.82 Å². The molecular formula is C12H14FNO. The van der Waals surface area contributed by atoms with Gasteiger partial charge in [0, 0.05) is 6.54 Å².